The third-order valence-corrected chi connectivity index (χ3v) is 4.45. The van der Waals surface area contributed by atoms with Gasteiger partial charge in [-0.1, -0.05) is 50.3 Å². The zero-order valence-corrected chi connectivity index (χ0v) is 16.5. The number of nitrogens with zero attached hydrogens (tertiary/aromatic N) is 3. The van der Waals surface area contributed by atoms with Crippen LogP contribution in [-0.4, -0.2) is 39.3 Å². The van der Waals surface area contributed by atoms with Crippen molar-refractivity contribution in [3.05, 3.63) is 72.6 Å². The minimum atomic E-state index is -0.159. The summed E-state index contributed by atoms with van der Waals surface area (Å²) in [4.78, 5) is 28.9. The molecule has 0 saturated heterocycles. The lowest BCUT2D eigenvalue weighted by Gasteiger charge is -2.28. The van der Waals surface area contributed by atoms with Crippen LogP contribution in [0.4, 0.5) is 0 Å². The fraction of sp³-hybridized carbons (Fsp3) is 0.364. The van der Waals surface area contributed by atoms with Gasteiger partial charge >= 0.3 is 0 Å². The summed E-state index contributed by atoms with van der Waals surface area (Å²) in [6, 6.07) is 13.9. The van der Waals surface area contributed by atoms with Crippen LogP contribution in [0.25, 0.3) is 0 Å². The standard InChI is InChI=1S/C22H29N3O2/c1-5-13-24(22(27)18(2)3)17-21(26)25(15-19-10-7-6-8-11-19)16-20-12-9-14-23(20)4/h5-12,14,18H,1,13,15-17H2,2-4H3. The molecule has 2 aromatic rings. The lowest BCUT2D eigenvalue weighted by atomic mass is 10.1. The highest BCUT2D eigenvalue weighted by Gasteiger charge is 2.23. The van der Waals surface area contributed by atoms with Gasteiger partial charge in [-0.25, -0.2) is 0 Å². The largest absolute Gasteiger partial charge is 0.353 e. The number of aromatic nitrogens is 1. The van der Waals surface area contributed by atoms with Crippen molar-refractivity contribution in [1.82, 2.24) is 14.4 Å². The number of rotatable bonds is 9. The van der Waals surface area contributed by atoms with Gasteiger partial charge in [0.1, 0.15) is 6.54 Å². The molecule has 5 nitrogen and oxygen atoms in total. The van der Waals surface area contributed by atoms with E-state index in [0.717, 1.165) is 11.3 Å². The summed E-state index contributed by atoms with van der Waals surface area (Å²) < 4.78 is 2.01. The second-order valence-electron chi connectivity index (χ2n) is 7.01. The first kappa shape index (κ1) is 20.5. The van der Waals surface area contributed by atoms with Gasteiger partial charge in [-0.3, -0.25) is 9.59 Å². The predicted molar refractivity (Wildman–Crippen MR) is 108 cm³/mol. The van der Waals surface area contributed by atoms with Crippen molar-refractivity contribution in [1.29, 1.82) is 0 Å². The lowest BCUT2D eigenvalue weighted by molar-refractivity contribution is -0.142. The number of carbonyl (C=O) groups is 2. The van der Waals surface area contributed by atoms with Gasteiger partial charge in [0.15, 0.2) is 0 Å². The first-order chi connectivity index (χ1) is 12.9. The molecule has 144 valence electrons. The van der Waals surface area contributed by atoms with Gasteiger partial charge in [0.05, 0.1) is 6.54 Å². The Bertz CT molecular complexity index is 765. The number of hydrogen-bond donors (Lipinski definition) is 0. The molecule has 0 aliphatic heterocycles. The van der Waals surface area contributed by atoms with Gasteiger partial charge in [-0.05, 0) is 17.7 Å². The molecule has 0 aliphatic carbocycles. The van der Waals surface area contributed by atoms with Crippen LogP contribution < -0.4 is 0 Å². The molecule has 0 atom stereocenters. The monoisotopic (exact) mass is 367 g/mol. The van der Waals surface area contributed by atoms with Gasteiger partial charge in [-0.15, -0.1) is 6.58 Å². The molecule has 27 heavy (non-hydrogen) atoms. The molecule has 1 heterocycles. The number of aryl methyl sites for hydroxylation is 1. The normalized spacial score (nSPS) is 10.7. The minimum Gasteiger partial charge on any atom is -0.353 e. The lowest BCUT2D eigenvalue weighted by Crippen LogP contribution is -2.44. The van der Waals surface area contributed by atoms with Crippen LogP contribution >= 0.6 is 0 Å². The van der Waals surface area contributed by atoms with Gasteiger partial charge in [0, 0.05) is 37.9 Å². The Hall–Kier alpha value is -2.82. The van der Waals surface area contributed by atoms with E-state index in [1.807, 2.05) is 74.1 Å². The van der Waals surface area contributed by atoms with Gasteiger partial charge in [0.25, 0.3) is 0 Å². The van der Waals surface area contributed by atoms with Crippen LogP contribution in [0, 0.1) is 5.92 Å². The molecule has 0 unspecified atom stereocenters. The summed E-state index contributed by atoms with van der Waals surface area (Å²) in [6.07, 6.45) is 3.62. The zero-order chi connectivity index (χ0) is 19.8. The van der Waals surface area contributed by atoms with E-state index >= 15 is 0 Å². The van der Waals surface area contributed by atoms with E-state index in [1.165, 1.54) is 0 Å². The first-order valence-corrected chi connectivity index (χ1v) is 9.24. The summed E-state index contributed by atoms with van der Waals surface area (Å²) in [5, 5.41) is 0. The SMILES string of the molecule is C=CCN(CC(=O)N(Cc1ccccc1)Cc1cccn1C)C(=O)C(C)C. The van der Waals surface area contributed by atoms with Crippen molar-refractivity contribution in [2.45, 2.75) is 26.9 Å². The summed E-state index contributed by atoms with van der Waals surface area (Å²) in [5.74, 6) is -0.272. The van der Waals surface area contributed by atoms with Crippen molar-refractivity contribution in [2.24, 2.45) is 13.0 Å². The Morgan fingerprint density at radius 2 is 1.78 bits per heavy atom. The number of amides is 2. The maximum atomic E-state index is 13.1. The first-order valence-electron chi connectivity index (χ1n) is 9.24. The molecule has 0 fully saturated rings. The van der Waals surface area contributed by atoms with Gasteiger partial charge in [0.2, 0.25) is 11.8 Å². The molecule has 2 amide bonds. The van der Waals surface area contributed by atoms with Crippen molar-refractivity contribution < 1.29 is 9.59 Å². The van der Waals surface area contributed by atoms with Crippen molar-refractivity contribution in [2.75, 3.05) is 13.1 Å². The van der Waals surface area contributed by atoms with Crippen LogP contribution in [0.2, 0.25) is 0 Å². The third kappa shape index (κ3) is 5.84. The molecule has 0 aliphatic rings. The van der Waals surface area contributed by atoms with Crippen LogP contribution in [0.1, 0.15) is 25.1 Å². The quantitative estimate of drug-likeness (QED) is 0.639. The maximum Gasteiger partial charge on any atom is 0.242 e. The van der Waals surface area contributed by atoms with Crippen LogP contribution in [0.3, 0.4) is 0 Å². The molecule has 0 spiro atoms. The fourth-order valence-corrected chi connectivity index (χ4v) is 2.91. The Balaban J connectivity index is 2.19. The smallest absolute Gasteiger partial charge is 0.242 e. The molecule has 1 aromatic heterocycles. The summed E-state index contributed by atoms with van der Waals surface area (Å²) in [5.41, 5.74) is 2.11. The highest BCUT2D eigenvalue weighted by atomic mass is 16.2. The molecule has 0 bridgehead atoms. The molecule has 0 saturated carbocycles. The molecule has 5 heteroatoms. The number of carbonyl (C=O) groups excluding carboxylic acids is 2. The Labute approximate surface area is 161 Å². The third-order valence-electron chi connectivity index (χ3n) is 4.45. The van der Waals surface area contributed by atoms with Gasteiger partial charge in [-0.2, -0.15) is 0 Å². The summed E-state index contributed by atoms with van der Waals surface area (Å²) in [7, 11) is 1.97. The summed E-state index contributed by atoms with van der Waals surface area (Å²) >= 11 is 0. The maximum absolute atomic E-state index is 13.1. The highest BCUT2D eigenvalue weighted by Crippen LogP contribution is 2.12. The van der Waals surface area contributed by atoms with E-state index in [9.17, 15) is 9.59 Å². The molecule has 2 rings (SSSR count). The molecule has 0 N–H and O–H groups in total. The van der Waals surface area contributed by atoms with E-state index in [2.05, 4.69) is 6.58 Å². The molecule has 1 aromatic carbocycles. The van der Waals surface area contributed by atoms with Crippen molar-refractivity contribution >= 4 is 11.8 Å². The predicted octanol–water partition coefficient (Wildman–Crippen LogP) is 3.22. The van der Waals surface area contributed by atoms with E-state index in [1.54, 1.807) is 15.9 Å². The van der Waals surface area contributed by atoms with Crippen LogP contribution in [0.5, 0.6) is 0 Å². The minimum absolute atomic E-state index is 0.0400. The average Bonchev–Trinajstić information content (AvgIpc) is 3.05. The van der Waals surface area contributed by atoms with Crippen LogP contribution in [-0.2, 0) is 29.7 Å². The second-order valence-corrected chi connectivity index (χ2v) is 7.01. The van der Waals surface area contributed by atoms with Crippen LogP contribution in [0.15, 0.2) is 61.3 Å². The molecular weight excluding hydrogens is 338 g/mol. The highest BCUT2D eigenvalue weighted by molar-refractivity contribution is 5.85. The molecular formula is C22H29N3O2. The Morgan fingerprint density at radius 3 is 2.33 bits per heavy atom. The topological polar surface area (TPSA) is 45.6 Å². The van der Waals surface area contributed by atoms with E-state index in [0.29, 0.717) is 19.6 Å². The van der Waals surface area contributed by atoms with Gasteiger partial charge < -0.3 is 14.4 Å². The van der Waals surface area contributed by atoms with Crippen molar-refractivity contribution in [3.63, 3.8) is 0 Å². The zero-order valence-electron chi connectivity index (χ0n) is 16.5. The number of benzene rings is 1. The van der Waals surface area contributed by atoms with Crippen molar-refractivity contribution in [3.8, 4) is 0 Å². The van der Waals surface area contributed by atoms with E-state index in [4.69, 9.17) is 0 Å². The Kier molecular flexibility index (Phi) is 7.41. The van der Waals surface area contributed by atoms with E-state index < -0.39 is 0 Å². The fourth-order valence-electron chi connectivity index (χ4n) is 2.91. The Morgan fingerprint density at radius 1 is 1.07 bits per heavy atom. The second kappa shape index (κ2) is 9.76. The van der Waals surface area contributed by atoms with E-state index in [-0.39, 0.29) is 24.3 Å². The number of hydrogen-bond acceptors (Lipinski definition) is 2. The average molecular weight is 367 g/mol. The summed E-state index contributed by atoms with van der Waals surface area (Å²) in [6.45, 7) is 8.82. The molecule has 0 radical (unpaired) electrons.